The van der Waals surface area contributed by atoms with E-state index in [4.69, 9.17) is 4.74 Å². The van der Waals surface area contributed by atoms with Crippen molar-refractivity contribution in [2.45, 2.75) is 56.7 Å². The number of hydrogen-bond acceptors (Lipinski definition) is 3. The lowest BCUT2D eigenvalue weighted by Crippen LogP contribution is -2.50. The van der Waals surface area contributed by atoms with Crippen LogP contribution in [0.1, 0.15) is 38.5 Å². The van der Waals surface area contributed by atoms with Gasteiger partial charge in [-0.25, -0.2) is 0 Å². The molecule has 106 valence electrons. The Kier molecular flexibility index (Phi) is 3.48. The first-order valence-corrected chi connectivity index (χ1v) is 7.35. The highest BCUT2D eigenvalue weighted by atomic mass is 16.5. The van der Waals surface area contributed by atoms with Crippen molar-refractivity contribution < 1.29 is 14.3 Å². The Hall–Kier alpha value is -1.10. The van der Waals surface area contributed by atoms with Crippen LogP contribution in [0.25, 0.3) is 0 Å². The van der Waals surface area contributed by atoms with Gasteiger partial charge in [-0.15, -0.1) is 0 Å². The fourth-order valence-electron chi connectivity index (χ4n) is 3.85. The molecule has 0 aromatic carbocycles. The lowest BCUT2D eigenvalue weighted by atomic mass is 10.1. The van der Waals surface area contributed by atoms with Gasteiger partial charge in [-0.1, -0.05) is 0 Å². The first kappa shape index (κ1) is 12.9. The average molecular weight is 266 g/mol. The second-order valence-electron chi connectivity index (χ2n) is 5.80. The lowest BCUT2D eigenvalue weighted by molar-refractivity contribution is -0.142. The van der Waals surface area contributed by atoms with E-state index in [1.54, 1.807) is 12.0 Å². The van der Waals surface area contributed by atoms with E-state index in [1.807, 2.05) is 4.90 Å². The van der Waals surface area contributed by atoms with E-state index in [-0.39, 0.29) is 30.0 Å². The molecule has 5 nitrogen and oxygen atoms in total. The van der Waals surface area contributed by atoms with Crippen molar-refractivity contribution in [1.82, 2.24) is 9.80 Å². The molecule has 0 N–H and O–H groups in total. The fourth-order valence-corrected chi connectivity index (χ4v) is 3.85. The third kappa shape index (κ3) is 2.14. The second kappa shape index (κ2) is 5.12. The summed E-state index contributed by atoms with van der Waals surface area (Å²) in [6.45, 7) is 1.32. The molecule has 2 saturated heterocycles. The molecular weight excluding hydrogens is 244 g/mol. The van der Waals surface area contributed by atoms with E-state index in [9.17, 15) is 9.59 Å². The summed E-state index contributed by atoms with van der Waals surface area (Å²) in [5.74, 6) is 0.294. The highest BCUT2D eigenvalue weighted by Gasteiger charge is 2.43. The monoisotopic (exact) mass is 266 g/mol. The standard InChI is InChI=1S/C14H22N2O3/c1-19-12-6-2-4-10(12)16-9-7-13(17)15-8-3-5-11(15)14(16)18/h10-12H,2-9H2,1H3. The first-order valence-electron chi connectivity index (χ1n) is 7.35. The SMILES string of the molecule is COC1CCCC1N1CCC(=O)N2CCCC2C1=O. The number of carbonyl (C=O) groups excluding carboxylic acids is 2. The van der Waals surface area contributed by atoms with Crippen LogP contribution in [-0.2, 0) is 14.3 Å². The molecule has 0 aromatic heterocycles. The molecule has 0 radical (unpaired) electrons. The van der Waals surface area contributed by atoms with Crippen LogP contribution >= 0.6 is 0 Å². The van der Waals surface area contributed by atoms with Crippen LogP contribution in [0.15, 0.2) is 0 Å². The van der Waals surface area contributed by atoms with Crippen LogP contribution in [0, 0.1) is 0 Å². The van der Waals surface area contributed by atoms with Gasteiger partial charge in [-0.3, -0.25) is 9.59 Å². The number of amides is 2. The Bertz CT molecular complexity index is 385. The van der Waals surface area contributed by atoms with E-state index in [2.05, 4.69) is 0 Å². The summed E-state index contributed by atoms with van der Waals surface area (Å²) in [6.07, 6.45) is 5.52. The molecule has 5 heteroatoms. The molecule has 3 fully saturated rings. The minimum absolute atomic E-state index is 0.144. The van der Waals surface area contributed by atoms with Gasteiger partial charge in [0.2, 0.25) is 11.8 Å². The third-order valence-corrected chi connectivity index (χ3v) is 4.83. The highest BCUT2D eigenvalue weighted by Crippen LogP contribution is 2.31. The van der Waals surface area contributed by atoms with E-state index in [1.165, 1.54) is 0 Å². The number of hydrogen-bond donors (Lipinski definition) is 0. The number of nitrogens with zero attached hydrogens (tertiary/aromatic N) is 2. The predicted molar refractivity (Wildman–Crippen MR) is 69.5 cm³/mol. The number of fused-ring (bicyclic) bond motifs is 1. The van der Waals surface area contributed by atoms with Gasteiger partial charge in [-0.2, -0.15) is 0 Å². The molecule has 2 heterocycles. The van der Waals surface area contributed by atoms with Crippen LogP contribution in [0.3, 0.4) is 0 Å². The maximum Gasteiger partial charge on any atom is 0.245 e. The zero-order valence-electron chi connectivity index (χ0n) is 11.5. The first-order chi connectivity index (χ1) is 9.22. The van der Waals surface area contributed by atoms with E-state index >= 15 is 0 Å². The van der Waals surface area contributed by atoms with Crippen molar-refractivity contribution in [2.24, 2.45) is 0 Å². The molecule has 3 atom stereocenters. The second-order valence-corrected chi connectivity index (χ2v) is 5.80. The van der Waals surface area contributed by atoms with Crippen molar-refractivity contribution >= 4 is 11.8 Å². The third-order valence-electron chi connectivity index (χ3n) is 4.83. The zero-order chi connectivity index (χ0) is 13.4. The Morgan fingerprint density at radius 3 is 2.68 bits per heavy atom. The molecule has 3 rings (SSSR count). The summed E-state index contributed by atoms with van der Waals surface area (Å²) in [4.78, 5) is 28.5. The van der Waals surface area contributed by atoms with Crippen molar-refractivity contribution in [2.75, 3.05) is 20.2 Å². The van der Waals surface area contributed by atoms with Crippen LogP contribution in [-0.4, -0.2) is 60.0 Å². The largest absolute Gasteiger partial charge is 0.379 e. The maximum absolute atomic E-state index is 12.7. The molecule has 0 spiro atoms. The zero-order valence-corrected chi connectivity index (χ0v) is 11.5. The van der Waals surface area contributed by atoms with Crippen LogP contribution < -0.4 is 0 Å². The van der Waals surface area contributed by atoms with Crippen LogP contribution in [0.4, 0.5) is 0 Å². The van der Waals surface area contributed by atoms with Gasteiger partial charge < -0.3 is 14.5 Å². The Morgan fingerprint density at radius 1 is 1.05 bits per heavy atom. The van der Waals surface area contributed by atoms with E-state index in [0.717, 1.165) is 38.6 Å². The van der Waals surface area contributed by atoms with Crippen molar-refractivity contribution in [3.05, 3.63) is 0 Å². The highest BCUT2D eigenvalue weighted by molar-refractivity contribution is 5.90. The molecule has 2 aliphatic heterocycles. The van der Waals surface area contributed by atoms with Gasteiger partial charge >= 0.3 is 0 Å². The molecule has 1 aliphatic carbocycles. The number of methoxy groups -OCH3 is 1. The van der Waals surface area contributed by atoms with Gasteiger partial charge in [0.25, 0.3) is 0 Å². The lowest BCUT2D eigenvalue weighted by Gasteiger charge is -2.33. The van der Waals surface area contributed by atoms with Crippen molar-refractivity contribution in [3.8, 4) is 0 Å². The minimum atomic E-state index is -0.201. The summed E-state index contributed by atoms with van der Waals surface area (Å²) in [5.41, 5.74) is 0. The molecule has 2 amide bonds. The molecule has 0 bridgehead atoms. The summed E-state index contributed by atoms with van der Waals surface area (Å²) >= 11 is 0. The predicted octanol–water partition coefficient (Wildman–Crippen LogP) is 0.777. The van der Waals surface area contributed by atoms with Gasteiger partial charge in [0, 0.05) is 26.6 Å². The Morgan fingerprint density at radius 2 is 1.89 bits per heavy atom. The summed E-state index contributed by atoms with van der Waals surface area (Å²) in [6, 6.07) is -0.0287. The number of ether oxygens (including phenoxy) is 1. The maximum atomic E-state index is 12.7. The number of carbonyl (C=O) groups is 2. The normalized spacial score (nSPS) is 35.7. The van der Waals surface area contributed by atoms with Gasteiger partial charge in [-0.05, 0) is 32.1 Å². The van der Waals surface area contributed by atoms with Crippen LogP contribution in [0.5, 0.6) is 0 Å². The molecule has 3 unspecified atom stereocenters. The summed E-state index contributed by atoms with van der Waals surface area (Å²) in [5, 5.41) is 0. The topological polar surface area (TPSA) is 49.9 Å². The molecular formula is C14H22N2O3. The summed E-state index contributed by atoms with van der Waals surface area (Å²) in [7, 11) is 1.72. The van der Waals surface area contributed by atoms with E-state index < -0.39 is 0 Å². The minimum Gasteiger partial charge on any atom is -0.379 e. The Balaban J connectivity index is 1.81. The molecule has 3 aliphatic rings. The smallest absolute Gasteiger partial charge is 0.245 e. The quantitative estimate of drug-likeness (QED) is 0.742. The van der Waals surface area contributed by atoms with E-state index in [0.29, 0.717) is 13.0 Å². The van der Waals surface area contributed by atoms with Crippen molar-refractivity contribution in [3.63, 3.8) is 0 Å². The Labute approximate surface area is 113 Å². The fraction of sp³-hybridized carbons (Fsp3) is 0.857. The van der Waals surface area contributed by atoms with Crippen molar-refractivity contribution in [1.29, 1.82) is 0 Å². The number of rotatable bonds is 2. The van der Waals surface area contributed by atoms with Gasteiger partial charge in [0.1, 0.15) is 6.04 Å². The molecule has 1 saturated carbocycles. The van der Waals surface area contributed by atoms with Gasteiger partial charge in [0.15, 0.2) is 0 Å². The molecule has 19 heavy (non-hydrogen) atoms. The molecule has 0 aromatic rings. The average Bonchev–Trinajstić information content (AvgIpc) is 3.05. The van der Waals surface area contributed by atoms with Gasteiger partial charge in [0.05, 0.1) is 12.1 Å². The summed E-state index contributed by atoms with van der Waals surface area (Å²) < 4.78 is 5.51. The van der Waals surface area contributed by atoms with Crippen LogP contribution in [0.2, 0.25) is 0 Å².